The first kappa shape index (κ1) is 23.9. The van der Waals surface area contributed by atoms with Gasteiger partial charge < -0.3 is 9.47 Å². The van der Waals surface area contributed by atoms with Crippen molar-refractivity contribution in [3.63, 3.8) is 0 Å². The van der Waals surface area contributed by atoms with Gasteiger partial charge in [-0.25, -0.2) is 8.78 Å². The minimum Gasteiger partial charge on any atom is -0.493 e. The third kappa shape index (κ3) is 5.30. The number of benzene rings is 3. The molecule has 0 unspecified atom stereocenters. The number of hydrogen-bond donors (Lipinski definition) is 0. The lowest BCUT2D eigenvalue weighted by Crippen LogP contribution is -2.19. The van der Waals surface area contributed by atoms with Gasteiger partial charge in [0.1, 0.15) is 11.6 Å². The molecule has 1 fully saturated rings. The Balaban J connectivity index is 1.44. The zero-order valence-corrected chi connectivity index (χ0v) is 19.3. The highest BCUT2D eigenvalue weighted by Gasteiger charge is 2.20. The Morgan fingerprint density at radius 1 is 0.824 bits per heavy atom. The summed E-state index contributed by atoms with van der Waals surface area (Å²) in [5, 5.41) is 0. The maximum absolute atomic E-state index is 14.9. The Morgan fingerprint density at radius 2 is 1.50 bits per heavy atom. The molecular weight excluding hydrogens is 437 g/mol. The van der Waals surface area contributed by atoms with Gasteiger partial charge in [0.05, 0.1) is 13.2 Å². The van der Waals surface area contributed by atoms with Crippen LogP contribution in [-0.2, 0) is 0 Å². The van der Waals surface area contributed by atoms with Crippen LogP contribution in [0.15, 0.2) is 67.3 Å². The number of halogens is 3. The Bertz CT molecular complexity index is 1130. The largest absolute Gasteiger partial charge is 0.493 e. The zero-order valence-electron chi connectivity index (χ0n) is 19.3. The third-order valence-electron chi connectivity index (χ3n) is 6.50. The van der Waals surface area contributed by atoms with Crippen molar-refractivity contribution >= 4 is 0 Å². The summed E-state index contributed by atoms with van der Waals surface area (Å²) in [6.45, 7) is 6.47. The van der Waals surface area contributed by atoms with E-state index in [9.17, 15) is 13.2 Å². The molecule has 0 radical (unpaired) electrons. The molecule has 1 saturated carbocycles. The van der Waals surface area contributed by atoms with Gasteiger partial charge >= 0.3 is 0 Å². The highest BCUT2D eigenvalue weighted by atomic mass is 19.2. The Morgan fingerprint density at radius 3 is 2.15 bits per heavy atom. The molecule has 1 aliphatic rings. The van der Waals surface area contributed by atoms with Crippen LogP contribution in [0, 0.1) is 29.3 Å². The van der Waals surface area contributed by atoms with E-state index in [0.29, 0.717) is 29.6 Å². The average molecular weight is 467 g/mol. The second-order valence-electron chi connectivity index (χ2n) is 8.72. The van der Waals surface area contributed by atoms with Gasteiger partial charge in [-0.1, -0.05) is 30.3 Å². The van der Waals surface area contributed by atoms with E-state index >= 15 is 0 Å². The van der Waals surface area contributed by atoms with Gasteiger partial charge in [0.25, 0.3) is 0 Å². The minimum atomic E-state index is -1.08. The van der Waals surface area contributed by atoms with E-state index in [0.717, 1.165) is 18.6 Å². The van der Waals surface area contributed by atoms with E-state index in [1.165, 1.54) is 31.0 Å². The summed E-state index contributed by atoms with van der Waals surface area (Å²) in [6.07, 6.45) is 6.67. The van der Waals surface area contributed by atoms with Crippen LogP contribution in [0.1, 0.15) is 32.6 Å². The van der Waals surface area contributed by atoms with Gasteiger partial charge in [0, 0.05) is 11.1 Å². The second kappa shape index (κ2) is 10.8. The molecule has 0 atom stereocenters. The SMILES string of the molecule is C=CC1CCC(COc2ccc(-c3ccc(-c4ccc(OCC)c(F)c4F)cc3F)cc2)CC1. The molecule has 0 amide bonds. The van der Waals surface area contributed by atoms with Gasteiger partial charge in [-0.15, -0.1) is 6.58 Å². The summed E-state index contributed by atoms with van der Waals surface area (Å²) in [5.74, 6) is -0.883. The fourth-order valence-corrected chi connectivity index (χ4v) is 4.47. The molecule has 0 bridgehead atoms. The standard InChI is InChI=1S/C29H29F3O2/c1-3-19-5-7-20(8-6-19)18-34-23-12-9-21(10-13-23)24-14-11-22(17-26(24)30)25-15-16-27(33-4-2)29(32)28(25)31/h3,9-17,19-20H,1,4-8,18H2,2H3. The predicted molar refractivity (Wildman–Crippen MR) is 129 cm³/mol. The van der Waals surface area contributed by atoms with E-state index in [2.05, 4.69) is 6.58 Å². The third-order valence-corrected chi connectivity index (χ3v) is 6.50. The summed E-state index contributed by atoms with van der Waals surface area (Å²) in [5.41, 5.74) is 1.30. The van der Waals surface area contributed by atoms with Crippen molar-refractivity contribution in [3.8, 4) is 33.8 Å². The molecule has 0 spiro atoms. The summed E-state index contributed by atoms with van der Waals surface area (Å²) in [7, 11) is 0. The van der Waals surface area contributed by atoms with E-state index < -0.39 is 17.5 Å². The molecule has 3 aromatic carbocycles. The molecule has 1 aliphatic carbocycles. The van der Waals surface area contributed by atoms with Gasteiger partial charge in [0.2, 0.25) is 5.82 Å². The number of rotatable bonds is 8. The molecule has 34 heavy (non-hydrogen) atoms. The topological polar surface area (TPSA) is 18.5 Å². The quantitative estimate of drug-likeness (QED) is 0.312. The minimum absolute atomic E-state index is 0.0164. The van der Waals surface area contributed by atoms with Crippen molar-refractivity contribution in [3.05, 3.63) is 84.7 Å². The van der Waals surface area contributed by atoms with Crippen molar-refractivity contribution < 1.29 is 22.6 Å². The summed E-state index contributed by atoms with van der Waals surface area (Å²) < 4.78 is 54.7. The summed E-state index contributed by atoms with van der Waals surface area (Å²) >= 11 is 0. The van der Waals surface area contributed by atoms with E-state index in [-0.39, 0.29) is 23.5 Å². The highest BCUT2D eigenvalue weighted by Crippen LogP contribution is 2.34. The highest BCUT2D eigenvalue weighted by molar-refractivity contribution is 5.72. The fraction of sp³-hybridized carbons (Fsp3) is 0.310. The molecule has 0 heterocycles. The number of ether oxygens (including phenoxy) is 2. The van der Waals surface area contributed by atoms with E-state index in [1.54, 1.807) is 31.2 Å². The first-order chi connectivity index (χ1) is 16.5. The van der Waals surface area contributed by atoms with Crippen molar-refractivity contribution in [2.45, 2.75) is 32.6 Å². The normalized spacial score (nSPS) is 17.9. The van der Waals surface area contributed by atoms with Crippen molar-refractivity contribution in [1.82, 2.24) is 0 Å². The number of allylic oxidation sites excluding steroid dienone is 1. The number of hydrogen-bond acceptors (Lipinski definition) is 2. The van der Waals surface area contributed by atoms with Crippen LogP contribution in [0.3, 0.4) is 0 Å². The molecule has 4 rings (SSSR count). The molecule has 178 valence electrons. The van der Waals surface area contributed by atoms with Gasteiger partial charge in [-0.2, -0.15) is 4.39 Å². The molecule has 0 aromatic heterocycles. The second-order valence-corrected chi connectivity index (χ2v) is 8.72. The molecule has 2 nitrogen and oxygen atoms in total. The molecule has 0 aliphatic heterocycles. The van der Waals surface area contributed by atoms with Crippen molar-refractivity contribution in [2.24, 2.45) is 11.8 Å². The molecular formula is C29H29F3O2. The fourth-order valence-electron chi connectivity index (χ4n) is 4.47. The molecule has 0 N–H and O–H groups in total. The lowest BCUT2D eigenvalue weighted by atomic mass is 9.82. The monoisotopic (exact) mass is 466 g/mol. The van der Waals surface area contributed by atoms with Crippen molar-refractivity contribution in [2.75, 3.05) is 13.2 Å². The first-order valence-corrected chi connectivity index (χ1v) is 11.8. The van der Waals surface area contributed by atoms with Crippen LogP contribution in [0.2, 0.25) is 0 Å². The van der Waals surface area contributed by atoms with Crippen molar-refractivity contribution in [1.29, 1.82) is 0 Å². The van der Waals surface area contributed by atoms with Crippen LogP contribution >= 0.6 is 0 Å². The first-order valence-electron chi connectivity index (χ1n) is 11.8. The predicted octanol–water partition coefficient (Wildman–Crippen LogP) is 8.21. The summed E-state index contributed by atoms with van der Waals surface area (Å²) in [4.78, 5) is 0. The van der Waals surface area contributed by atoms with Crippen LogP contribution in [0.4, 0.5) is 13.2 Å². The van der Waals surface area contributed by atoms with Gasteiger partial charge in [-0.05, 0) is 85.9 Å². The smallest absolute Gasteiger partial charge is 0.201 e. The van der Waals surface area contributed by atoms with Crippen LogP contribution in [0.25, 0.3) is 22.3 Å². The molecule has 0 saturated heterocycles. The summed E-state index contributed by atoms with van der Waals surface area (Å²) in [6, 6.07) is 14.4. The van der Waals surface area contributed by atoms with Gasteiger partial charge in [-0.3, -0.25) is 0 Å². The Hall–Kier alpha value is -3.21. The lowest BCUT2D eigenvalue weighted by Gasteiger charge is -2.26. The van der Waals surface area contributed by atoms with Gasteiger partial charge in [0.15, 0.2) is 11.6 Å². The zero-order chi connectivity index (χ0) is 24.1. The molecule has 5 heteroatoms. The maximum Gasteiger partial charge on any atom is 0.201 e. The molecule has 3 aromatic rings. The lowest BCUT2D eigenvalue weighted by molar-refractivity contribution is 0.195. The average Bonchev–Trinajstić information content (AvgIpc) is 2.86. The van der Waals surface area contributed by atoms with Crippen LogP contribution in [-0.4, -0.2) is 13.2 Å². The van der Waals surface area contributed by atoms with Crippen LogP contribution in [0.5, 0.6) is 11.5 Å². The van der Waals surface area contributed by atoms with E-state index in [4.69, 9.17) is 9.47 Å². The van der Waals surface area contributed by atoms with Crippen LogP contribution < -0.4 is 9.47 Å². The Kier molecular flexibility index (Phi) is 7.61. The van der Waals surface area contributed by atoms with E-state index in [1.807, 2.05) is 18.2 Å². The maximum atomic E-state index is 14.9. The Labute approximate surface area is 199 Å².